The number of hydrogen-bond acceptors (Lipinski definition) is 3. The van der Waals surface area contributed by atoms with Crippen molar-refractivity contribution < 1.29 is 9.90 Å². The first-order valence-corrected chi connectivity index (χ1v) is 7.05. The van der Waals surface area contributed by atoms with Crippen LogP contribution in [-0.2, 0) is 0 Å². The molecule has 1 aromatic rings. The van der Waals surface area contributed by atoms with Gasteiger partial charge >= 0.3 is 0 Å². The monoisotopic (exact) mass is 251 g/mol. The minimum absolute atomic E-state index is 0.0358. The fraction of sp³-hybridized carbons (Fsp3) is 0.462. The van der Waals surface area contributed by atoms with E-state index in [0.29, 0.717) is 6.54 Å². The summed E-state index contributed by atoms with van der Waals surface area (Å²) in [5.41, 5.74) is 0.745. The van der Waals surface area contributed by atoms with E-state index in [4.69, 9.17) is 0 Å². The van der Waals surface area contributed by atoms with Gasteiger partial charge in [-0.05, 0) is 31.2 Å². The second kappa shape index (κ2) is 5.56. The highest BCUT2D eigenvalue weighted by atomic mass is 32.2. The molecule has 0 spiro atoms. The number of hydrogen-bond donors (Lipinski definition) is 1. The number of likely N-dealkylation sites (tertiary alicyclic amines) is 1. The zero-order valence-electron chi connectivity index (χ0n) is 9.93. The third-order valence-electron chi connectivity index (χ3n) is 3.02. The van der Waals surface area contributed by atoms with E-state index in [1.165, 1.54) is 0 Å². The van der Waals surface area contributed by atoms with Gasteiger partial charge in [-0.2, -0.15) is 0 Å². The molecule has 0 aliphatic carbocycles. The quantitative estimate of drug-likeness (QED) is 0.817. The molecule has 2 rings (SSSR count). The first kappa shape index (κ1) is 12.5. The molecule has 3 nitrogen and oxygen atoms in total. The number of benzene rings is 1. The molecule has 1 N–H and O–H groups in total. The van der Waals surface area contributed by atoms with Gasteiger partial charge in [0.1, 0.15) is 0 Å². The van der Waals surface area contributed by atoms with Crippen LogP contribution in [-0.4, -0.2) is 41.4 Å². The van der Waals surface area contributed by atoms with Crippen LogP contribution < -0.4 is 0 Å². The Morgan fingerprint density at radius 1 is 1.47 bits per heavy atom. The molecule has 1 heterocycles. The van der Waals surface area contributed by atoms with Gasteiger partial charge in [0.25, 0.3) is 5.91 Å². The molecule has 1 amide bonds. The molecular formula is C13H17NO2S. The predicted molar refractivity (Wildman–Crippen MR) is 69.4 cm³/mol. The lowest BCUT2D eigenvalue weighted by atomic mass is 10.1. The Bertz CT molecular complexity index is 408. The molecular weight excluding hydrogens is 234 g/mol. The van der Waals surface area contributed by atoms with Gasteiger partial charge in [-0.3, -0.25) is 4.79 Å². The Morgan fingerprint density at radius 3 is 2.94 bits per heavy atom. The third-order valence-corrected chi connectivity index (χ3v) is 3.82. The average molecular weight is 251 g/mol. The number of piperidine rings is 1. The third kappa shape index (κ3) is 2.82. The highest BCUT2D eigenvalue weighted by Crippen LogP contribution is 2.22. The highest BCUT2D eigenvalue weighted by molar-refractivity contribution is 7.98. The van der Waals surface area contributed by atoms with Gasteiger partial charge in [-0.15, -0.1) is 11.8 Å². The number of aliphatic hydroxyl groups is 1. The van der Waals surface area contributed by atoms with Crippen LogP contribution in [0.4, 0.5) is 0 Å². The molecule has 1 aliphatic rings. The Kier molecular flexibility index (Phi) is 4.07. The van der Waals surface area contributed by atoms with Crippen LogP contribution in [0.25, 0.3) is 0 Å². The minimum Gasteiger partial charge on any atom is -0.391 e. The fourth-order valence-electron chi connectivity index (χ4n) is 2.13. The van der Waals surface area contributed by atoms with Crippen LogP contribution in [0.1, 0.15) is 23.2 Å². The lowest BCUT2D eigenvalue weighted by Gasteiger charge is -2.30. The van der Waals surface area contributed by atoms with Crippen molar-refractivity contribution in [3.05, 3.63) is 29.8 Å². The first-order valence-electron chi connectivity index (χ1n) is 5.82. The van der Waals surface area contributed by atoms with Gasteiger partial charge < -0.3 is 10.0 Å². The van der Waals surface area contributed by atoms with Crippen molar-refractivity contribution in [2.24, 2.45) is 0 Å². The van der Waals surface area contributed by atoms with Crippen molar-refractivity contribution in [2.45, 2.75) is 23.8 Å². The average Bonchev–Trinajstić information content (AvgIpc) is 2.38. The van der Waals surface area contributed by atoms with Gasteiger partial charge in [0, 0.05) is 18.0 Å². The zero-order valence-corrected chi connectivity index (χ0v) is 10.7. The fourth-order valence-corrected chi connectivity index (χ4v) is 2.72. The summed E-state index contributed by atoms with van der Waals surface area (Å²) in [6, 6.07) is 7.63. The summed E-state index contributed by atoms with van der Waals surface area (Å²) in [4.78, 5) is 15.1. The van der Waals surface area contributed by atoms with Crippen molar-refractivity contribution in [3.63, 3.8) is 0 Å². The van der Waals surface area contributed by atoms with E-state index in [-0.39, 0.29) is 12.0 Å². The minimum atomic E-state index is -0.367. The molecule has 1 fully saturated rings. The van der Waals surface area contributed by atoms with Gasteiger partial charge in [-0.25, -0.2) is 0 Å². The van der Waals surface area contributed by atoms with Crippen LogP contribution in [0.3, 0.4) is 0 Å². The summed E-state index contributed by atoms with van der Waals surface area (Å²) in [6.45, 7) is 1.21. The van der Waals surface area contributed by atoms with Gasteiger partial charge in [0.2, 0.25) is 0 Å². The second-order valence-electron chi connectivity index (χ2n) is 4.25. The van der Waals surface area contributed by atoms with Crippen LogP contribution >= 0.6 is 11.8 Å². The second-order valence-corrected chi connectivity index (χ2v) is 5.10. The van der Waals surface area contributed by atoms with Crippen LogP contribution in [0.15, 0.2) is 29.2 Å². The van der Waals surface area contributed by atoms with Gasteiger partial charge in [0.15, 0.2) is 0 Å². The molecule has 4 heteroatoms. The predicted octanol–water partition coefficient (Wildman–Crippen LogP) is 2.01. The van der Waals surface area contributed by atoms with Crippen molar-refractivity contribution in [1.29, 1.82) is 0 Å². The van der Waals surface area contributed by atoms with Gasteiger partial charge in [0.05, 0.1) is 11.7 Å². The summed E-state index contributed by atoms with van der Waals surface area (Å²) < 4.78 is 0. The van der Waals surface area contributed by atoms with E-state index in [2.05, 4.69) is 0 Å². The molecule has 0 unspecified atom stereocenters. The molecule has 0 saturated carbocycles. The SMILES string of the molecule is CSc1ccccc1C(=O)N1CCC[C@H](O)C1. The van der Waals surface area contributed by atoms with Crippen LogP contribution in [0.5, 0.6) is 0 Å². The summed E-state index contributed by atoms with van der Waals surface area (Å²) in [7, 11) is 0. The van der Waals surface area contributed by atoms with E-state index in [1.54, 1.807) is 16.7 Å². The number of β-amino-alcohol motifs (C(OH)–C–C–N with tert-alkyl or cyclic N) is 1. The number of carbonyl (C=O) groups is 1. The Labute approximate surface area is 106 Å². The molecule has 1 aromatic carbocycles. The van der Waals surface area contributed by atoms with Crippen molar-refractivity contribution in [3.8, 4) is 0 Å². The lowest BCUT2D eigenvalue weighted by Crippen LogP contribution is -2.42. The molecule has 1 atom stereocenters. The Morgan fingerprint density at radius 2 is 2.24 bits per heavy atom. The standard InChI is InChI=1S/C13H17NO2S/c1-17-12-7-3-2-6-11(12)13(16)14-8-4-5-10(15)9-14/h2-3,6-7,10,15H,4-5,8-9H2,1H3/t10-/m0/s1. The Balaban J connectivity index is 2.18. The maximum atomic E-state index is 12.3. The number of aliphatic hydroxyl groups excluding tert-OH is 1. The summed E-state index contributed by atoms with van der Waals surface area (Å²) >= 11 is 1.58. The van der Waals surface area contributed by atoms with Gasteiger partial charge in [-0.1, -0.05) is 12.1 Å². The van der Waals surface area contributed by atoms with E-state index < -0.39 is 0 Å². The van der Waals surface area contributed by atoms with E-state index >= 15 is 0 Å². The number of amides is 1. The summed E-state index contributed by atoms with van der Waals surface area (Å²) in [5, 5.41) is 9.60. The summed E-state index contributed by atoms with van der Waals surface area (Å²) in [5.74, 6) is 0.0358. The smallest absolute Gasteiger partial charge is 0.255 e. The lowest BCUT2D eigenvalue weighted by molar-refractivity contribution is 0.0471. The maximum absolute atomic E-state index is 12.3. The number of carbonyl (C=O) groups excluding carboxylic acids is 1. The van der Waals surface area contributed by atoms with E-state index in [9.17, 15) is 9.90 Å². The molecule has 0 aromatic heterocycles. The van der Waals surface area contributed by atoms with E-state index in [1.807, 2.05) is 30.5 Å². The largest absolute Gasteiger partial charge is 0.391 e. The topological polar surface area (TPSA) is 40.5 Å². The first-order chi connectivity index (χ1) is 8.22. The maximum Gasteiger partial charge on any atom is 0.255 e. The number of nitrogens with zero attached hydrogens (tertiary/aromatic N) is 1. The molecule has 0 radical (unpaired) electrons. The number of thioether (sulfide) groups is 1. The zero-order chi connectivity index (χ0) is 12.3. The molecule has 17 heavy (non-hydrogen) atoms. The highest BCUT2D eigenvalue weighted by Gasteiger charge is 2.24. The molecule has 0 bridgehead atoms. The summed E-state index contributed by atoms with van der Waals surface area (Å²) in [6.07, 6.45) is 3.29. The molecule has 92 valence electrons. The Hall–Kier alpha value is -1.00. The van der Waals surface area contributed by atoms with Crippen molar-refractivity contribution in [2.75, 3.05) is 19.3 Å². The van der Waals surface area contributed by atoms with E-state index in [0.717, 1.165) is 29.8 Å². The molecule has 1 aliphatic heterocycles. The van der Waals surface area contributed by atoms with Crippen molar-refractivity contribution >= 4 is 17.7 Å². The molecule has 1 saturated heterocycles. The normalized spacial score (nSPS) is 20.4. The van der Waals surface area contributed by atoms with Crippen LogP contribution in [0, 0.1) is 0 Å². The number of rotatable bonds is 2. The van der Waals surface area contributed by atoms with Crippen molar-refractivity contribution in [1.82, 2.24) is 4.90 Å². The van der Waals surface area contributed by atoms with Crippen LogP contribution in [0.2, 0.25) is 0 Å².